The number of carbonyl (C=O) groups is 1. The van der Waals surface area contributed by atoms with Gasteiger partial charge >= 0.3 is 0 Å². The lowest BCUT2D eigenvalue weighted by atomic mass is 10.0. The van der Waals surface area contributed by atoms with E-state index in [2.05, 4.69) is 33.9 Å². The number of anilines is 2. The molecule has 0 bridgehead atoms. The number of hydrogen-bond donors (Lipinski definition) is 2. The molecule has 0 spiro atoms. The van der Waals surface area contributed by atoms with E-state index in [-0.39, 0.29) is 16.8 Å². The van der Waals surface area contributed by atoms with E-state index in [4.69, 9.17) is 4.74 Å². The Kier molecular flexibility index (Phi) is 7.33. The number of benzene rings is 2. The van der Waals surface area contributed by atoms with Crippen LogP contribution in [0.2, 0.25) is 0 Å². The Balaban J connectivity index is 1.62. The summed E-state index contributed by atoms with van der Waals surface area (Å²) in [5, 5.41) is 2.73. The number of ether oxygens (including phenoxy) is 1. The van der Waals surface area contributed by atoms with E-state index in [1.807, 2.05) is 24.3 Å². The third-order valence-electron chi connectivity index (χ3n) is 4.87. The molecule has 0 aliphatic heterocycles. The van der Waals surface area contributed by atoms with Gasteiger partial charge in [-0.05, 0) is 74.7 Å². The number of sulfonamides is 1. The molecule has 1 heterocycles. The molecule has 0 saturated carbocycles. The van der Waals surface area contributed by atoms with Crippen LogP contribution in [0.1, 0.15) is 43.6 Å². The van der Waals surface area contributed by atoms with Crippen LogP contribution >= 0.6 is 0 Å². The zero-order chi connectivity index (χ0) is 24.2. The van der Waals surface area contributed by atoms with Crippen LogP contribution in [-0.4, -0.2) is 30.4 Å². The minimum absolute atomic E-state index is 0.0114. The standard InChI is InChI=1S/C24H28N4O4S/c1-15(2)19-6-10-21(11-7-19)32-18(5)23(29)27-20-8-12-22(13-9-20)33(30,31)28-24-25-16(3)14-17(4)26-24/h6-15,18H,1-5H3,(H,27,29)(H,25,26,28). The molecule has 0 radical (unpaired) electrons. The number of hydrogen-bond acceptors (Lipinski definition) is 6. The maximum Gasteiger partial charge on any atom is 0.265 e. The maximum absolute atomic E-state index is 12.6. The summed E-state index contributed by atoms with van der Waals surface area (Å²) in [5.74, 6) is 0.677. The highest BCUT2D eigenvalue weighted by molar-refractivity contribution is 7.92. The first-order valence-corrected chi connectivity index (χ1v) is 12.0. The van der Waals surface area contributed by atoms with E-state index < -0.39 is 16.1 Å². The Hall–Kier alpha value is -3.46. The van der Waals surface area contributed by atoms with Crippen molar-refractivity contribution in [1.82, 2.24) is 9.97 Å². The third-order valence-corrected chi connectivity index (χ3v) is 6.21. The molecule has 174 valence electrons. The molecule has 0 fully saturated rings. The summed E-state index contributed by atoms with van der Waals surface area (Å²) in [6.45, 7) is 9.38. The molecule has 1 aromatic heterocycles. The van der Waals surface area contributed by atoms with Crippen molar-refractivity contribution in [3.8, 4) is 5.75 Å². The van der Waals surface area contributed by atoms with E-state index >= 15 is 0 Å². The van der Waals surface area contributed by atoms with Crippen LogP contribution in [-0.2, 0) is 14.8 Å². The van der Waals surface area contributed by atoms with Gasteiger partial charge in [0.2, 0.25) is 5.95 Å². The van der Waals surface area contributed by atoms with Crippen molar-refractivity contribution in [2.24, 2.45) is 0 Å². The zero-order valence-corrected chi connectivity index (χ0v) is 20.1. The van der Waals surface area contributed by atoms with Gasteiger partial charge in [-0.3, -0.25) is 4.79 Å². The SMILES string of the molecule is Cc1cc(C)nc(NS(=O)(=O)c2ccc(NC(=O)C(C)Oc3ccc(C(C)C)cc3)cc2)n1. The number of nitrogens with zero attached hydrogens (tertiary/aromatic N) is 2. The van der Waals surface area contributed by atoms with Crippen molar-refractivity contribution in [3.05, 3.63) is 71.5 Å². The Bertz CT molecular complexity index is 1200. The van der Waals surface area contributed by atoms with Crippen molar-refractivity contribution in [2.75, 3.05) is 10.0 Å². The van der Waals surface area contributed by atoms with Gasteiger partial charge in [-0.2, -0.15) is 0 Å². The second-order valence-electron chi connectivity index (χ2n) is 8.08. The monoisotopic (exact) mass is 468 g/mol. The Labute approximate surface area is 194 Å². The number of rotatable bonds is 8. The van der Waals surface area contributed by atoms with Gasteiger partial charge in [0.25, 0.3) is 15.9 Å². The average Bonchev–Trinajstić information content (AvgIpc) is 2.73. The minimum atomic E-state index is -3.87. The first-order valence-electron chi connectivity index (χ1n) is 10.6. The molecule has 9 heteroatoms. The first-order chi connectivity index (χ1) is 15.5. The average molecular weight is 469 g/mol. The van der Waals surface area contributed by atoms with Crippen LogP contribution < -0.4 is 14.8 Å². The molecule has 1 atom stereocenters. The summed E-state index contributed by atoms with van der Waals surface area (Å²) in [6, 6.07) is 15.2. The fraction of sp³-hybridized carbons (Fsp3) is 0.292. The molecular formula is C24H28N4O4S. The molecule has 3 aromatic rings. The lowest BCUT2D eigenvalue weighted by Gasteiger charge is -2.16. The van der Waals surface area contributed by atoms with Crippen LogP contribution in [0.3, 0.4) is 0 Å². The van der Waals surface area contributed by atoms with Gasteiger partial charge in [0.05, 0.1) is 4.90 Å². The number of nitrogens with one attached hydrogen (secondary N) is 2. The number of aromatic nitrogens is 2. The fourth-order valence-electron chi connectivity index (χ4n) is 3.10. The van der Waals surface area contributed by atoms with E-state index in [1.54, 1.807) is 26.8 Å². The van der Waals surface area contributed by atoms with E-state index in [9.17, 15) is 13.2 Å². The molecular weight excluding hydrogens is 440 g/mol. The van der Waals surface area contributed by atoms with Crippen molar-refractivity contribution < 1.29 is 17.9 Å². The first kappa shape index (κ1) is 24.2. The third kappa shape index (κ3) is 6.52. The zero-order valence-electron chi connectivity index (χ0n) is 19.3. The highest BCUT2D eigenvalue weighted by Crippen LogP contribution is 2.21. The second kappa shape index (κ2) is 9.99. The second-order valence-corrected chi connectivity index (χ2v) is 9.76. The molecule has 0 aliphatic rings. The van der Waals surface area contributed by atoms with Gasteiger partial charge in [-0.25, -0.2) is 23.1 Å². The summed E-state index contributed by atoms with van der Waals surface area (Å²) < 4.78 is 33.4. The molecule has 33 heavy (non-hydrogen) atoms. The van der Waals surface area contributed by atoms with Crippen molar-refractivity contribution in [2.45, 2.75) is 51.5 Å². The molecule has 8 nitrogen and oxygen atoms in total. The van der Waals surface area contributed by atoms with Crippen molar-refractivity contribution >= 4 is 27.6 Å². The fourth-order valence-corrected chi connectivity index (χ4v) is 4.04. The summed E-state index contributed by atoms with van der Waals surface area (Å²) >= 11 is 0. The van der Waals surface area contributed by atoms with Crippen LogP contribution in [0.15, 0.2) is 59.5 Å². The highest BCUT2D eigenvalue weighted by Gasteiger charge is 2.18. The number of carbonyl (C=O) groups excluding carboxylic acids is 1. The Morgan fingerprint density at radius 3 is 2.03 bits per heavy atom. The normalized spacial score (nSPS) is 12.3. The quantitative estimate of drug-likeness (QED) is 0.506. The van der Waals surface area contributed by atoms with E-state index in [0.717, 1.165) is 0 Å². The molecule has 1 unspecified atom stereocenters. The van der Waals surface area contributed by atoms with E-state index in [0.29, 0.717) is 28.7 Å². The summed E-state index contributed by atoms with van der Waals surface area (Å²) in [6.07, 6.45) is -0.735. The van der Waals surface area contributed by atoms with Crippen molar-refractivity contribution in [3.63, 3.8) is 0 Å². The maximum atomic E-state index is 12.6. The van der Waals surface area contributed by atoms with Gasteiger partial charge in [0, 0.05) is 17.1 Å². The van der Waals surface area contributed by atoms with Crippen molar-refractivity contribution in [1.29, 1.82) is 0 Å². The van der Waals surface area contributed by atoms with Gasteiger partial charge in [0.15, 0.2) is 6.10 Å². The Morgan fingerprint density at radius 2 is 1.48 bits per heavy atom. The van der Waals surface area contributed by atoms with Gasteiger partial charge in [-0.15, -0.1) is 0 Å². The topological polar surface area (TPSA) is 110 Å². The predicted molar refractivity (Wildman–Crippen MR) is 128 cm³/mol. The molecule has 1 amide bonds. The molecule has 2 aromatic carbocycles. The largest absolute Gasteiger partial charge is 0.481 e. The Morgan fingerprint density at radius 1 is 0.909 bits per heavy atom. The van der Waals surface area contributed by atoms with Crippen LogP contribution in [0.25, 0.3) is 0 Å². The van der Waals surface area contributed by atoms with Gasteiger partial charge in [-0.1, -0.05) is 26.0 Å². The lowest BCUT2D eigenvalue weighted by Crippen LogP contribution is -2.30. The summed E-state index contributed by atoms with van der Waals surface area (Å²) in [4.78, 5) is 20.7. The van der Waals surface area contributed by atoms with Crippen LogP contribution in [0.4, 0.5) is 11.6 Å². The molecule has 0 aliphatic carbocycles. The molecule has 2 N–H and O–H groups in total. The molecule has 3 rings (SSSR count). The number of amides is 1. The summed E-state index contributed by atoms with van der Waals surface area (Å²) in [5.41, 5.74) is 2.95. The highest BCUT2D eigenvalue weighted by atomic mass is 32.2. The van der Waals surface area contributed by atoms with E-state index in [1.165, 1.54) is 29.8 Å². The minimum Gasteiger partial charge on any atom is -0.481 e. The van der Waals surface area contributed by atoms with Gasteiger partial charge < -0.3 is 10.1 Å². The van der Waals surface area contributed by atoms with Crippen LogP contribution in [0.5, 0.6) is 5.75 Å². The predicted octanol–water partition coefficient (Wildman–Crippen LogP) is 4.42. The number of aryl methyl sites for hydroxylation is 2. The van der Waals surface area contributed by atoms with Crippen LogP contribution in [0, 0.1) is 13.8 Å². The van der Waals surface area contributed by atoms with Gasteiger partial charge in [0.1, 0.15) is 5.75 Å². The molecule has 0 saturated heterocycles. The summed E-state index contributed by atoms with van der Waals surface area (Å²) in [7, 11) is -3.87. The lowest BCUT2D eigenvalue weighted by molar-refractivity contribution is -0.122. The smallest absolute Gasteiger partial charge is 0.265 e.